The maximum Gasteiger partial charge on any atom is 0.322 e. The van der Waals surface area contributed by atoms with Crippen LogP contribution >= 0.6 is 0 Å². The molecule has 0 bridgehead atoms. The molecule has 0 saturated heterocycles. The molecular formula is C15H20N4O5S. The number of aliphatic carboxylic acids is 1. The average Bonchev–Trinajstić information content (AvgIpc) is 2.96. The van der Waals surface area contributed by atoms with Gasteiger partial charge in [0.25, 0.3) is 0 Å². The van der Waals surface area contributed by atoms with Gasteiger partial charge in [0.2, 0.25) is 10.0 Å². The van der Waals surface area contributed by atoms with E-state index in [1.165, 1.54) is 30.6 Å². The highest BCUT2D eigenvalue weighted by atomic mass is 32.2. The Hall–Kier alpha value is -2.46. The van der Waals surface area contributed by atoms with Crippen molar-refractivity contribution in [3.8, 4) is 5.75 Å². The second-order valence-corrected chi connectivity index (χ2v) is 7.46. The van der Waals surface area contributed by atoms with Crippen LogP contribution in [0.15, 0.2) is 35.5 Å². The van der Waals surface area contributed by atoms with Crippen LogP contribution in [0.2, 0.25) is 0 Å². The third-order valence-corrected chi connectivity index (χ3v) is 4.98. The molecule has 0 amide bonds. The molecule has 2 rings (SSSR count). The molecule has 1 aromatic carbocycles. The Morgan fingerprint density at radius 1 is 1.32 bits per heavy atom. The molecule has 2 N–H and O–H groups in total. The van der Waals surface area contributed by atoms with Crippen molar-refractivity contribution >= 4 is 16.0 Å². The number of carbonyl (C=O) groups is 1. The van der Waals surface area contributed by atoms with Gasteiger partial charge >= 0.3 is 5.97 Å². The number of carboxylic acid groups (broad SMARTS) is 1. The number of rotatable bonds is 8. The first-order valence-corrected chi connectivity index (χ1v) is 9.00. The molecule has 1 atom stereocenters. The zero-order chi connectivity index (χ0) is 18.6. The van der Waals surface area contributed by atoms with Crippen molar-refractivity contribution < 1.29 is 23.1 Å². The molecule has 0 saturated carbocycles. The van der Waals surface area contributed by atoms with Crippen LogP contribution in [0, 0.1) is 5.92 Å². The smallest absolute Gasteiger partial charge is 0.322 e. The first-order valence-electron chi connectivity index (χ1n) is 7.51. The molecule has 1 aromatic heterocycles. The normalized spacial score (nSPS) is 13.0. The predicted octanol–water partition coefficient (Wildman–Crippen LogP) is 0.782. The van der Waals surface area contributed by atoms with Crippen LogP contribution in [0.4, 0.5) is 0 Å². The van der Waals surface area contributed by atoms with Gasteiger partial charge in [0.15, 0.2) is 5.82 Å². The van der Waals surface area contributed by atoms with Crippen LogP contribution in [0.25, 0.3) is 0 Å². The van der Waals surface area contributed by atoms with E-state index in [1.807, 2.05) is 0 Å². The van der Waals surface area contributed by atoms with Crippen molar-refractivity contribution in [2.45, 2.75) is 31.4 Å². The quantitative estimate of drug-likeness (QED) is 0.706. The second-order valence-electron chi connectivity index (χ2n) is 5.74. The lowest BCUT2D eigenvalue weighted by Crippen LogP contribution is -2.44. The highest BCUT2D eigenvalue weighted by Crippen LogP contribution is 2.18. The molecule has 0 spiro atoms. The largest absolute Gasteiger partial charge is 0.486 e. The minimum absolute atomic E-state index is 0.0367. The van der Waals surface area contributed by atoms with Gasteiger partial charge in [0, 0.05) is 7.05 Å². The summed E-state index contributed by atoms with van der Waals surface area (Å²) in [4.78, 5) is 15.2. The van der Waals surface area contributed by atoms with Crippen LogP contribution in [0.1, 0.15) is 19.7 Å². The number of sulfonamides is 1. The van der Waals surface area contributed by atoms with Gasteiger partial charge in [-0.3, -0.25) is 9.48 Å². The van der Waals surface area contributed by atoms with Crippen LogP contribution < -0.4 is 9.46 Å². The number of nitrogens with zero attached hydrogens (tertiary/aromatic N) is 3. The zero-order valence-electron chi connectivity index (χ0n) is 14.1. The molecule has 0 radical (unpaired) electrons. The Bertz CT molecular complexity index is 830. The lowest BCUT2D eigenvalue weighted by atomic mass is 10.1. The summed E-state index contributed by atoms with van der Waals surface area (Å²) in [6.07, 6.45) is 1.41. The SMILES string of the molecule is CC(C)[C@H](NS(=O)(=O)c1ccc(OCc2ncnn2C)cc1)C(=O)O. The maximum atomic E-state index is 12.3. The van der Waals surface area contributed by atoms with Crippen LogP contribution in [-0.4, -0.2) is 40.3 Å². The minimum atomic E-state index is -3.94. The highest BCUT2D eigenvalue weighted by Gasteiger charge is 2.27. The molecule has 0 aliphatic heterocycles. The first-order chi connectivity index (χ1) is 11.7. The van der Waals surface area contributed by atoms with Crippen molar-refractivity contribution in [3.05, 3.63) is 36.4 Å². The molecule has 0 aliphatic carbocycles. The highest BCUT2D eigenvalue weighted by molar-refractivity contribution is 7.89. The Labute approximate surface area is 145 Å². The molecular weight excluding hydrogens is 348 g/mol. The van der Waals surface area contributed by atoms with Crippen LogP contribution in [0.5, 0.6) is 5.75 Å². The number of carboxylic acids is 1. The van der Waals surface area contributed by atoms with Gasteiger partial charge in [-0.2, -0.15) is 9.82 Å². The van der Waals surface area contributed by atoms with Gasteiger partial charge in [0.1, 0.15) is 24.7 Å². The maximum absolute atomic E-state index is 12.3. The number of benzene rings is 1. The van der Waals surface area contributed by atoms with E-state index in [-0.39, 0.29) is 17.4 Å². The Balaban J connectivity index is 2.07. The summed E-state index contributed by atoms with van der Waals surface area (Å²) in [6, 6.07) is 4.50. The third kappa shape index (κ3) is 4.77. The van der Waals surface area contributed by atoms with Crippen LogP contribution in [-0.2, 0) is 28.5 Å². The van der Waals surface area contributed by atoms with Crippen LogP contribution in [0.3, 0.4) is 0 Å². The fraction of sp³-hybridized carbons (Fsp3) is 0.400. The standard InChI is InChI=1S/C15H20N4O5S/c1-10(2)14(15(20)21)18-25(22,23)12-6-4-11(5-7-12)24-8-13-16-9-17-19(13)3/h4-7,9-10,14,18H,8H2,1-3H3,(H,20,21)/t14-/m0/s1. The molecule has 25 heavy (non-hydrogen) atoms. The molecule has 9 nitrogen and oxygen atoms in total. The predicted molar refractivity (Wildman–Crippen MR) is 88.4 cm³/mol. The number of hydrogen-bond acceptors (Lipinski definition) is 6. The van der Waals surface area contributed by atoms with Gasteiger partial charge in [-0.05, 0) is 30.2 Å². The van der Waals surface area contributed by atoms with E-state index >= 15 is 0 Å². The summed E-state index contributed by atoms with van der Waals surface area (Å²) in [5, 5.41) is 13.0. The lowest BCUT2D eigenvalue weighted by molar-refractivity contribution is -0.140. The summed E-state index contributed by atoms with van der Waals surface area (Å²) in [5.41, 5.74) is 0. The van der Waals surface area contributed by atoms with Gasteiger partial charge in [-0.1, -0.05) is 13.8 Å². The lowest BCUT2D eigenvalue weighted by Gasteiger charge is -2.18. The first kappa shape index (κ1) is 18.9. The average molecular weight is 368 g/mol. The van der Waals surface area contributed by atoms with E-state index in [1.54, 1.807) is 25.6 Å². The summed E-state index contributed by atoms with van der Waals surface area (Å²) < 4.78 is 33.9. The van der Waals surface area contributed by atoms with E-state index in [2.05, 4.69) is 14.8 Å². The third-order valence-electron chi connectivity index (χ3n) is 3.52. The topological polar surface area (TPSA) is 123 Å². The van der Waals surface area contributed by atoms with Crippen molar-refractivity contribution in [1.29, 1.82) is 0 Å². The monoisotopic (exact) mass is 368 g/mol. The summed E-state index contributed by atoms with van der Waals surface area (Å²) in [7, 11) is -2.21. The van der Waals surface area contributed by atoms with Gasteiger partial charge < -0.3 is 9.84 Å². The van der Waals surface area contributed by atoms with Crippen molar-refractivity contribution in [2.24, 2.45) is 13.0 Å². The van der Waals surface area contributed by atoms with E-state index in [9.17, 15) is 13.2 Å². The van der Waals surface area contributed by atoms with Crippen molar-refractivity contribution in [1.82, 2.24) is 19.5 Å². The Morgan fingerprint density at radius 2 is 1.96 bits per heavy atom. The Morgan fingerprint density at radius 3 is 2.44 bits per heavy atom. The van der Waals surface area contributed by atoms with Crippen molar-refractivity contribution in [3.63, 3.8) is 0 Å². The van der Waals surface area contributed by atoms with Gasteiger partial charge in [0.05, 0.1) is 4.90 Å². The molecule has 0 fully saturated rings. The summed E-state index contributed by atoms with van der Waals surface area (Å²) >= 11 is 0. The number of ether oxygens (including phenoxy) is 1. The van der Waals surface area contributed by atoms with Gasteiger partial charge in [-0.25, -0.2) is 13.4 Å². The summed E-state index contributed by atoms with van der Waals surface area (Å²) in [6.45, 7) is 3.45. The fourth-order valence-electron chi connectivity index (χ4n) is 2.02. The number of aromatic nitrogens is 3. The number of nitrogens with one attached hydrogen (secondary N) is 1. The molecule has 10 heteroatoms. The Kier molecular flexibility index (Phi) is 5.75. The molecule has 2 aromatic rings. The van der Waals surface area contributed by atoms with Gasteiger partial charge in [-0.15, -0.1) is 0 Å². The number of aryl methyl sites for hydroxylation is 1. The second kappa shape index (κ2) is 7.62. The zero-order valence-corrected chi connectivity index (χ0v) is 14.9. The van der Waals surface area contributed by atoms with Crippen molar-refractivity contribution in [2.75, 3.05) is 0 Å². The number of hydrogen-bond donors (Lipinski definition) is 2. The van der Waals surface area contributed by atoms with E-state index < -0.39 is 22.0 Å². The van der Waals surface area contributed by atoms with E-state index in [0.717, 1.165) is 0 Å². The molecule has 1 heterocycles. The summed E-state index contributed by atoms with van der Waals surface area (Å²) in [5.74, 6) is -0.524. The molecule has 0 unspecified atom stereocenters. The molecule has 136 valence electrons. The van der Waals surface area contributed by atoms with E-state index in [4.69, 9.17) is 9.84 Å². The van der Waals surface area contributed by atoms with E-state index in [0.29, 0.717) is 11.6 Å². The minimum Gasteiger partial charge on any atom is -0.486 e. The fourth-order valence-corrected chi connectivity index (χ4v) is 3.36. The molecule has 0 aliphatic rings.